The molecule has 0 aromatic heterocycles. The molecule has 1 unspecified atom stereocenters. The Morgan fingerprint density at radius 1 is 1.73 bits per heavy atom. The highest BCUT2D eigenvalue weighted by molar-refractivity contribution is 5.22. The summed E-state index contributed by atoms with van der Waals surface area (Å²) in [6.45, 7) is 0. The molecule has 1 aliphatic rings. The maximum absolute atomic E-state index is 10.2. The zero-order valence-corrected chi connectivity index (χ0v) is 5.64. The van der Waals surface area contributed by atoms with E-state index in [1.807, 2.05) is 0 Å². The van der Waals surface area contributed by atoms with Crippen LogP contribution in [0.25, 0.3) is 0 Å². The molecule has 0 saturated carbocycles. The van der Waals surface area contributed by atoms with Crippen molar-refractivity contribution in [1.29, 1.82) is 0 Å². The molecule has 1 atom stereocenters. The minimum atomic E-state index is -0.694. The van der Waals surface area contributed by atoms with E-state index in [2.05, 4.69) is 5.18 Å². The predicted octanol–water partition coefficient (Wildman–Crippen LogP) is 1.24. The average molecular weight is 154 g/mol. The lowest BCUT2D eigenvalue weighted by Crippen LogP contribution is -2.17. The Hall–Kier alpha value is -1.52. The molecule has 0 saturated heterocycles. The van der Waals surface area contributed by atoms with Gasteiger partial charge < -0.3 is 0 Å². The fraction of sp³-hybridized carbons (Fsp3) is 0.333. The number of allylic oxidation sites excluding steroid dienone is 1. The van der Waals surface area contributed by atoms with E-state index in [1.54, 1.807) is 0 Å². The molecule has 0 aromatic carbocycles. The first-order valence-electron chi connectivity index (χ1n) is 3.09. The molecule has 0 amide bonds. The highest BCUT2D eigenvalue weighted by Gasteiger charge is 2.17. The third-order valence-corrected chi connectivity index (χ3v) is 1.43. The van der Waals surface area contributed by atoms with Gasteiger partial charge in [0.25, 0.3) is 0 Å². The second kappa shape index (κ2) is 3.05. The standard InChI is InChI=1S/C6H6N2O3/c9-7-5-1-3-6(4-2-5)8(10)11/h1-3,6H,4H2. The first-order valence-corrected chi connectivity index (χ1v) is 3.09. The largest absolute Gasteiger partial charge is 0.264 e. The summed E-state index contributed by atoms with van der Waals surface area (Å²) < 4.78 is 0. The number of hydrogen-bond acceptors (Lipinski definition) is 4. The van der Waals surface area contributed by atoms with Gasteiger partial charge in [0.05, 0.1) is 0 Å². The van der Waals surface area contributed by atoms with Crippen LogP contribution < -0.4 is 0 Å². The van der Waals surface area contributed by atoms with Crippen molar-refractivity contribution in [1.82, 2.24) is 0 Å². The Bertz CT molecular complexity index is 244. The van der Waals surface area contributed by atoms with Crippen molar-refractivity contribution in [3.05, 3.63) is 38.9 Å². The summed E-state index contributed by atoms with van der Waals surface area (Å²) in [6, 6.07) is -0.694. The number of nitro groups is 1. The van der Waals surface area contributed by atoms with E-state index in [0.717, 1.165) is 0 Å². The summed E-state index contributed by atoms with van der Waals surface area (Å²) in [5.41, 5.74) is 0.267. The van der Waals surface area contributed by atoms with Gasteiger partial charge in [0.2, 0.25) is 6.04 Å². The van der Waals surface area contributed by atoms with E-state index < -0.39 is 11.0 Å². The van der Waals surface area contributed by atoms with Gasteiger partial charge in [-0.1, -0.05) is 0 Å². The van der Waals surface area contributed by atoms with Crippen LogP contribution in [0.15, 0.2) is 29.1 Å². The van der Waals surface area contributed by atoms with Crippen molar-refractivity contribution >= 4 is 0 Å². The van der Waals surface area contributed by atoms with E-state index >= 15 is 0 Å². The zero-order valence-electron chi connectivity index (χ0n) is 5.64. The van der Waals surface area contributed by atoms with E-state index in [-0.39, 0.29) is 12.1 Å². The maximum Gasteiger partial charge on any atom is 0.235 e. The van der Waals surface area contributed by atoms with Crippen LogP contribution in [0, 0.1) is 15.0 Å². The minimum Gasteiger partial charge on any atom is -0.264 e. The van der Waals surface area contributed by atoms with Crippen molar-refractivity contribution in [3.63, 3.8) is 0 Å². The number of rotatable bonds is 2. The summed E-state index contributed by atoms with van der Waals surface area (Å²) in [6.07, 6.45) is 4.45. The van der Waals surface area contributed by atoms with E-state index in [4.69, 9.17) is 0 Å². The van der Waals surface area contributed by atoms with Gasteiger partial charge in [0.1, 0.15) is 5.70 Å². The van der Waals surface area contributed by atoms with Crippen LogP contribution in [0.3, 0.4) is 0 Å². The van der Waals surface area contributed by atoms with Gasteiger partial charge >= 0.3 is 0 Å². The van der Waals surface area contributed by atoms with Crippen LogP contribution in [0.1, 0.15) is 6.42 Å². The normalized spacial score (nSPS) is 22.5. The van der Waals surface area contributed by atoms with E-state index in [9.17, 15) is 15.0 Å². The molecule has 0 bridgehead atoms. The van der Waals surface area contributed by atoms with Crippen molar-refractivity contribution in [2.75, 3.05) is 0 Å². The monoisotopic (exact) mass is 154 g/mol. The topological polar surface area (TPSA) is 72.6 Å². The molecule has 0 spiro atoms. The zero-order chi connectivity index (χ0) is 8.27. The summed E-state index contributed by atoms with van der Waals surface area (Å²) in [4.78, 5) is 19.7. The highest BCUT2D eigenvalue weighted by Crippen LogP contribution is 2.12. The average Bonchev–Trinajstić information content (AvgIpc) is 2.05. The second-order valence-electron chi connectivity index (χ2n) is 2.17. The SMILES string of the molecule is O=NC1=CCC([N+](=O)[O-])C=C1. The lowest BCUT2D eigenvalue weighted by Gasteiger charge is -2.04. The van der Waals surface area contributed by atoms with Gasteiger partial charge in [-0.05, 0) is 23.4 Å². The van der Waals surface area contributed by atoms with Crippen LogP contribution in [0.2, 0.25) is 0 Å². The van der Waals surface area contributed by atoms with Crippen LogP contribution in [0.5, 0.6) is 0 Å². The van der Waals surface area contributed by atoms with Gasteiger partial charge in [0.15, 0.2) is 0 Å². The van der Waals surface area contributed by atoms with Gasteiger partial charge in [-0.15, -0.1) is 4.91 Å². The third-order valence-electron chi connectivity index (χ3n) is 1.43. The highest BCUT2D eigenvalue weighted by atomic mass is 16.6. The Kier molecular flexibility index (Phi) is 2.10. The third kappa shape index (κ3) is 1.70. The van der Waals surface area contributed by atoms with Gasteiger partial charge in [-0.2, -0.15) is 0 Å². The maximum atomic E-state index is 10.2. The number of hydrogen-bond donors (Lipinski definition) is 0. The molecule has 0 heterocycles. The number of nitroso groups, excluding NO2 is 1. The van der Waals surface area contributed by atoms with Crippen molar-refractivity contribution < 1.29 is 4.92 Å². The summed E-state index contributed by atoms with van der Waals surface area (Å²) in [5, 5.41) is 12.8. The molecule has 0 aliphatic heterocycles. The smallest absolute Gasteiger partial charge is 0.235 e. The fourth-order valence-electron chi connectivity index (χ4n) is 0.822. The Morgan fingerprint density at radius 3 is 2.82 bits per heavy atom. The first kappa shape index (κ1) is 7.59. The van der Waals surface area contributed by atoms with Crippen molar-refractivity contribution in [2.24, 2.45) is 5.18 Å². The molecule has 1 aliphatic carbocycles. The Balaban J connectivity index is 2.64. The van der Waals surface area contributed by atoms with Crippen LogP contribution >= 0.6 is 0 Å². The lowest BCUT2D eigenvalue weighted by atomic mass is 10.1. The van der Waals surface area contributed by atoms with Crippen LogP contribution in [-0.4, -0.2) is 11.0 Å². The molecule has 11 heavy (non-hydrogen) atoms. The van der Waals surface area contributed by atoms with Gasteiger partial charge in [0, 0.05) is 11.3 Å². The van der Waals surface area contributed by atoms with Crippen molar-refractivity contribution in [2.45, 2.75) is 12.5 Å². The molecule has 0 fully saturated rings. The quantitative estimate of drug-likeness (QED) is 0.341. The summed E-state index contributed by atoms with van der Waals surface area (Å²) in [7, 11) is 0. The Labute approximate surface area is 62.5 Å². The minimum absolute atomic E-state index is 0.255. The fourth-order valence-corrected chi connectivity index (χ4v) is 0.822. The van der Waals surface area contributed by atoms with Crippen molar-refractivity contribution in [3.8, 4) is 0 Å². The molecular formula is C6H6N2O3. The van der Waals surface area contributed by atoms with Gasteiger partial charge in [-0.25, -0.2) is 0 Å². The predicted molar refractivity (Wildman–Crippen MR) is 38.4 cm³/mol. The molecule has 0 radical (unpaired) electrons. The number of nitrogens with zero attached hydrogens (tertiary/aromatic N) is 2. The molecule has 1 rings (SSSR count). The van der Waals surface area contributed by atoms with Crippen LogP contribution in [-0.2, 0) is 0 Å². The molecule has 5 heteroatoms. The van der Waals surface area contributed by atoms with Gasteiger partial charge in [-0.3, -0.25) is 10.1 Å². The molecular weight excluding hydrogens is 148 g/mol. The lowest BCUT2D eigenvalue weighted by molar-refractivity contribution is -0.508. The van der Waals surface area contributed by atoms with E-state index in [0.29, 0.717) is 0 Å². The summed E-state index contributed by atoms with van der Waals surface area (Å²) in [5.74, 6) is 0. The Morgan fingerprint density at radius 2 is 2.45 bits per heavy atom. The first-order chi connectivity index (χ1) is 5.24. The molecule has 5 nitrogen and oxygen atoms in total. The van der Waals surface area contributed by atoms with E-state index in [1.165, 1.54) is 18.2 Å². The molecule has 58 valence electrons. The molecule has 0 N–H and O–H groups in total. The second-order valence-corrected chi connectivity index (χ2v) is 2.17. The summed E-state index contributed by atoms with van der Waals surface area (Å²) >= 11 is 0. The van der Waals surface area contributed by atoms with Crippen LogP contribution in [0.4, 0.5) is 0 Å². The molecule has 0 aromatic rings.